The summed E-state index contributed by atoms with van der Waals surface area (Å²) < 4.78 is 11.0. The van der Waals surface area contributed by atoms with E-state index >= 15 is 0 Å². The Bertz CT molecular complexity index is 718. The van der Waals surface area contributed by atoms with Gasteiger partial charge in [0.15, 0.2) is 0 Å². The van der Waals surface area contributed by atoms with Crippen LogP contribution < -0.4 is 9.64 Å². The summed E-state index contributed by atoms with van der Waals surface area (Å²) in [5, 5.41) is 9.08. The number of aromatic nitrogens is 2. The standard InChI is InChI=1S/C16H16ClN3O4/c17-13-10-14(19-16(18-13)20-5-7-23-8-6-20)24-12-3-1-11(2-4-12)9-15(21)22/h1-4,10H,5-9H2,(H,21,22). The van der Waals surface area contributed by atoms with Gasteiger partial charge >= 0.3 is 5.97 Å². The lowest BCUT2D eigenvalue weighted by atomic mass is 10.1. The molecule has 0 unspecified atom stereocenters. The van der Waals surface area contributed by atoms with Crippen LogP contribution in [-0.2, 0) is 16.0 Å². The zero-order chi connectivity index (χ0) is 16.9. The van der Waals surface area contributed by atoms with E-state index in [-0.39, 0.29) is 6.42 Å². The number of morpholine rings is 1. The molecule has 2 aromatic rings. The van der Waals surface area contributed by atoms with E-state index in [1.54, 1.807) is 24.3 Å². The highest BCUT2D eigenvalue weighted by atomic mass is 35.5. The quantitative estimate of drug-likeness (QED) is 0.829. The lowest BCUT2D eigenvalue weighted by Gasteiger charge is -2.26. The average Bonchev–Trinajstić information content (AvgIpc) is 2.56. The third kappa shape index (κ3) is 4.33. The van der Waals surface area contributed by atoms with Gasteiger partial charge in [0.1, 0.15) is 10.9 Å². The SMILES string of the molecule is O=C(O)Cc1ccc(Oc2cc(Cl)nc(N3CCOCC3)n2)cc1. The molecule has 24 heavy (non-hydrogen) atoms. The van der Waals surface area contributed by atoms with E-state index in [0.29, 0.717) is 54.6 Å². The van der Waals surface area contributed by atoms with Gasteiger partial charge in [0.25, 0.3) is 0 Å². The molecular formula is C16H16ClN3O4. The normalized spacial score (nSPS) is 14.5. The number of aliphatic carboxylic acids is 1. The van der Waals surface area contributed by atoms with Crippen molar-refractivity contribution in [2.45, 2.75) is 6.42 Å². The number of benzene rings is 1. The second kappa shape index (κ2) is 7.46. The van der Waals surface area contributed by atoms with Crippen LogP contribution in [0.15, 0.2) is 30.3 Å². The monoisotopic (exact) mass is 349 g/mol. The van der Waals surface area contributed by atoms with Gasteiger partial charge in [-0.1, -0.05) is 23.7 Å². The highest BCUT2D eigenvalue weighted by Crippen LogP contribution is 2.25. The van der Waals surface area contributed by atoms with Crippen molar-refractivity contribution < 1.29 is 19.4 Å². The molecule has 2 heterocycles. The molecule has 0 atom stereocenters. The maximum atomic E-state index is 10.7. The molecule has 0 saturated carbocycles. The second-order valence-electron chi connectivity index (χ2n) is 5.24. The summed E-state index contributed by atoms with van der Waals surface area (Å²) in [6, 6.07) is 8.34. The fourth-order valence-electron chi connectivity index (χ4n) is 2.31. The van der Waals surface area contributed by atoms with E-state index in [9.17, 15) is 4.79 Å². The van der Waals surface area contributed by atoms with E-state index in [2.05, 4.69) is 9.97 Å². The smallest absolute Gasteiger partial charge is 0.307 e. The Hall–Kier alpha value is -2.38. The second-order valence-corrected chi connectivity index (χ2v) is 5.63. The predicted molar refractivity (Wildman–Crippen MR) is 87.9 cm³/mol. The van der Waals surface area contributed by atoms with Crippen molar-refractivity contribution in [2.75, 3.05) is 31.2 Å². The Kier molecular flexibility index (Phi) is 5.12. The zero-order valence-corrected chi connectivity index (χ0v) is 13.6. The highest BCUT2D eigenvalue weighted by molar-refractivity contribution is 6.29. The van der Waals surface area contributed by atoms with Gasteiger partial charge in [-0.25, -0.2) is 4.98 Å². The zero-order valence-electron chi connectivity index (χ0n) is 12.8. The topological polar surface area (TPSA) is 84.8 Å². The number of carbonyl (C=O) groups is 1. The Morgan fingerprint density at radius 2 is 1.96 bits per heavy atom. The van der Waals surface area contributed by atoms with Gasteiger partial charge in [-0.15, -0.1) is 0 Å². The van der Waals surface area contributed by atoms with Gasteiger partial charge in [0, 0.05) is 19.2 Å². The fourth-order valence-corrected chi connectivity index (χ4v) is 2.48. The van der Waals surface area contributed by atoms with Crippen molar-refractivity contribution in [3.8, 4) is 11.6 Å². The molecule has 3 rings (SSSR count). The molecule has 0 bridgehead atoms. The number of carboxylic acid groups (broad SMARTS) is 1. The van der Waals surface area contributed by atoms with E-state index in [0.717, 1.165) is 0 Å². The Morgan fingerprint density at radius 1 is 1.25 bits per heavy atom. The molecule has 1 aromatic carbocycles. The van der Waals surface area contributed by atoms with E-state index < -0.39 is 5.97 Å². The molecular weight excluding hydrogens is 334 g/mol. The Balaban J connectivity index is 1.74. The Morgan fingerprint density at radius 3 is 2.62 bits per heavy atom. The van der Waals surface area contributed by atoms with Crippen LogP contribution in [-0.4, -0.2) is 47.3 Å². The maximum Gasteiger partial charge on any atom is 0.307 e. The minimum atomic E-state index is -0.874. The van der Waals surface area contributed by atoms with Crippen LogP contribution in [0.25, 0.3) is 0 Å². The van der Waals surface area contributed by atoms with Gasteiger partial charge in [-0.3, -0.25) is 4.79 Å². The van der Waals surface area contributed by atoms with Crippen LogP contribution in [0.1, 0.15) is 5.56 Å². The lowest BCUT2D eigenvalue weighted by molar-refractivity contribution is -0.136. The molecule has 0 spiro atoms. The molecule has 1 aliphatic heterocycles. The first-order valence-corrected chi connectivity index (χ1v) is 7.84. The van der Waals surface area contributed by atoms with Crippen molar-refractivity contribution in [1.29, 1.82) is 0 Å². The maximum absolute atomic E-state index is 10.7. The minimum absolute atomic E-state index is 0.0270. The molecule has 1 N–H and O–H groups in total. The van der Waals surface area contributed by atoms with Crippen molar-refractivity contribution in [3.05, 3.63) is 41.0 Å². The van der Waals surface area contributed by atoms with Gasteiger partial charge in [-0.05, 0) is 17.7 Å². The number of nitrogens with zero attached hydrogens (tertiary/aromatic N) is 3. The number of ether oxygens (including phenoxy) is 2. The van der Waals surface area contributed by atoms with Crippen LogP contribution in [0.3, 0.4) is 0 Å². The third-order valence-corrected chi connectivity index (χ3v) is 3.65. The van der Waals surface area contributed by atoms with Crippen molar-refractivity contribution in [3.63, 3.8) is 0 Å². The largest absolute Gasteiger partial charge is 0.481 e. The summed E-state index contributed by atoms with van der Waals surface area (Å²) in [4.78, 5) is 21.3. The molecule has 0 amide bonds. The lowest BCUT2D eigenvalue weighted by Crippen LogP contribution is -2.37. The third-order valence-electron chi connectivity index (χ3n) is 3.45. The number of anilines is 1. The van der Waals surface area contributed by atoms with Gasteiger partial charge in [-0.2, -0.15) is 4.98 Å². The summed E-state index contributed by atoms with van der Waals surface area (Å²) >= 11 is 6.06. The molecule has 0 radical (unpaired) electrons. The van der Waals surface area contributed by atoms with Gasteiger partial charge in [0.2, 0.25) is 11.8 Å². The highest BCUT2D eigenvalue weighted by Gasteiger charge is 2.16. The number of hydrogen-bond donors (Lipinski definition) is 1. The first kappa shape index (κ1) is 16.5. The number of halogens is 1. The molecule has 1 aromatic heterocycles. The van der Waals surface area contributed by atoms with E-state index in [4.69, 9.17) is 26.2 Å². The molecule has 1 aliphatic rings. The van der Waals surface area contributed by atoms with Crippen molar-refractivity contribution in [1.82, 2.24) is 9.97 Å². The van der Waals surface area contributed by atoms with Gasteiger partial charge < -0.3 is 19.5 Å². The van der Waals surface area contributed by atoms with Crippen LogP contribution in [0.5, 0.6) is 11.6 Å². The summed E-state index contributed by atoms with van der Waals surface area (Å²) in [6.07, 6.45) is -0.0270. The molecule has 1 fully saturated rings. The van der Waals surface area contributed by atoms with E-state index in [1.165, 1.54) is 6.07 Å². The average molecular weight is 350 g/mol. The molecule has 8 heteroatoms. The van der Waals surface area contributed by atoms with Crippen molar-refractivity contribution >= 4 is 23.5 Å². The number of carboxylic acids is 1. The van der Waals surface area contributed by atoms with E-state index in [1.807, 2.05) is 4.90 Å². The molecule has 0 aliphatic carbocycles. The minimum Gasteiger partial charge on any atom is -0.481 e. The molecule has 7 nitrogen and oxygen atoms in total. The molecule has 126 valence electrons. The number of rotatable bonds is 5. The molecule has 1 saturated heterocycles. The fraction of sp³-hybridized carbons (Fsp3) is 0.312. The summed E-state index contributed by atoms with van der Waals surface area (Å²) in [6.45, 7) is 2.64. The first-order valence-electron chi connectivity index (χ1n) is 7.46. The van der Waals surface area contributed by atoms with Gasteiger partial charge in [0.05, 0.1) is 19.6 Å². The van der Waals surface area contributed by atoms with Crippen LogP contribution in [0.4, 0.5) is 5.95 Å². The van der Waals surface area contributed by atoms with Crippen LogP contribution in [0, 0.1) is 0 Å². The number of hydrogen-bond acceptors (Lipinski definition) is 6. The first-order chi connectivity index (χ1) is 11.6. The van der Waals surface area contributed by atoms with Crippen molar-refractivity contribution in [2.24, 2.45) is 0 Å². The predicted octanol–water partition coefficient (Wildman–Crippen LogP) is 2.39. The summed E-state index contributed by atoms with van der Waals surface area (Å²) in [5.41, 5.74) is 0.699. The summed E-state index contributed by atoms with van der Waals surface area (Å²) in [7, 11) is 0. The summed E-state index contributed by atoms with van der Waals surface area (Å²) in [5.74, 6) is 0.513. The van der Waals surface area contributed by atoms with Crippen LogP contribution in [0.2, 0.25) is 5.15 Å². The Labute approximate surface area is 143 Å². The van der Waals surface area contributed by atoms with Crippen LogP contribution >= 0.6 is 11.6 Å².